The van der Waals surface area contributed by atoms with Crippen LogP contribution < -0.4 is 10.6 Å². The maximum absolute atomic E-state index is 12.6. The maximum atomic E-state index is 12.6. The van der Waals surface area contributed by atoms with E-state index in [0.29, 0.717) is 17.5 Å². The number of hydrogen-bond acceptors (Lipinski definition) is 4. The first-order valence-corrected chi connectivity index (χ1v) is 10.0. The lowest BCUT2D eigenvalue weighted by atomic mass is 10.2. The van der Waals surface area contributed by atoms with Crippen LogP contribution in [0.4, 0.5) is 13.2 Å². The Balaban J connectivity index is 0.00000420. The lowest BCUT2D eigenvalue weighted by Gasteiger charge is -2.17. The predicted octanol–water partition coefficient (Wildman–Crippen LogP) is 4.36. The molecule has 2 rings (SSSR count). The molecular formula is C19H27F3IN5S. The largest absolute Gasteiger partial charge is 0.434 e. The van der Waals surface area contributed by atoms with Crippen LogP contribution in [-0.4, -0.2) is 42.5 Å². The fourth-order valence-corrected chi connectivity index (χ4v) is 3.26. The highest BCUT2D eigenvalue weighted by atomic mass is 127. The van der Waals surface area contributed by atoms with E-state index in [-0.39, 0.29) is 30.5 Å². The highest BCUT2D eigenvalue weighted by Crippen LogP contribution is 2.30. The quantitative estimate of drug-likeness (QED) is 0.215. The Labute approximate surface area is 190 Å². The van der Waals surface area contributed by atoms with Gasteiger partial charge in [-0.05, 0) is 32.5 Å². The Bertz CT molecular complexity index is 737. The van der Waals surface area contributed by atoms with Gasteiger partial charge in [0.15, 0.2) is 11.7 Å². The van der Waals surface area contributed by atoms with Crippen molar-refractivity contribution >= 4 is 41.3 Å². The van der Waals surface area contributed by atoms with Crippen molar-refractivity contribution in [1.29, 1.82) is 0 Å². The number of alkyl halides is 3. The lowest BCUT2D eigenvalue weighted by molar-refractivity contribution is -0.140. The van der Waals surface area contributed by atoms with Gasteiger partial charge in [0.05, 0.1) is 6.54 Å². The van der Waals surface area contributed by atoms with Gasteiger partial charge >= 0.3 is 6.18 Å². The Morgan fingerprint density at radius 3 is 2.55 bits per heavy atom. The number of aliphatic imine (C=N–C) groups is 1. The van der Waals surface area contributed by atoms with Crippen LogP contribution >= 0.6 is 35.3 Å². The Morgan fingerprint density at radius 2 is 1.93 bits per heavy atom. The van der Waals surface area contributed by atoms with Gasteiger partial charge in [-0.2, -0.15) is 13.2 Å². The molecule has 0 radical (unpaired) electrons. The number of benzene rings is 1. The minimum Gasteiger partial charge on any atom is -0.357 e. The number of rotatable bonds is 9. The molecule has 0 saturated carbocycles. The summed E-state index contributed by atoms with van der Waals surface area (Å²) in [5.41, 5.74) is 0.414. The summed E-state index contributed by atoms with van der Waals surface area (Å²) < 4.78 is 37.8. The number of hydrogen-bond donors (Lipinski definition) is 2. The Hall–Kier alpha value is -1.40. The molecule has 5 nitrogen and oxygen atoms in total. The lowest BCUT2D eigenvalue weighted by Crippen LogP contribution is -2.38. The first-order chi connectivity index (χ1) is 13.4. The van der Waals surface area contributed by atoms with Gasteiger partial charge in [-0.1, -0.05) is 30.3 Å². The molecule has 1 aromatic carbocycles. The molecule has 0 unspecified atom stereocenters. The van der Waals surface area contributed by atoms with Crippen LogP contribution in [0.1, 0.15) is 29.6 Å². The van der Waals surface area contributed by atoms with Gasteiger partial charge in [-0.25, -0.2) is 9.98 Å². The molecule has 10 heteroatoms. The molecule has 1 aromatic heterocycles. The highest BCUT2D eigenvalue weighted by Gasteiger charge is 2.33. The zero-order chi connectivity index (χ0) is 20.4. The van der Waals surface area contributed by atoms with Gasteiger partial charge in [-0.3, -0.25) is 0 Å². The fourth-order valence-electron chi connectivity index (χ4n) is 2.53. The Kier molecular flexibility index (Phi) is 11.5. The van der Waals surface area contributed by atoms with Crippen molar-refractivity contribution in [2.75, 3.05) is 26.7 Å². The molecule has 0 fully saturated rings. The molecule has 2 N–H and O–H groups in total. The van der Waals surface area contributed by atoms with Gasteiger partial charge in [0.1, 0.15) is 5.01 Å². The topological polar surface area (TPSA) is 52.6 Å². The number of nitrogens with zero attached hydrogens (tertiary/aromatic N) is 3. The molecule has 0 bridgehead atoms. The summed E-state index contributed by atoms with van der Waals surface area (Å²) in [7, 11) is 2.08. The normalized spacial score (nSPS) is 12.0. The molecule has 1 heterocycles. The fraction of sp³-hybridized carbons (Fsp3) is 0.474. The number of thiazole rings is 1. The van der Waals surface area contributed by atoms with Crippen LogP contribution in [0.5, 0.6) is 0 Å². The standard InChI is InChI=1S/C19H26F3N5S.HI/c1-3-23-18(25-12-17-26-16(14-28-17)19(20,21)22)24-10-7-11-27(2)13-15-8-5-4-6-9-15;/h4-6,8-9,14H,3,7,10-13H2,1-2H3,(H2,23,24,25);1H. The molecule has 0 atom stereocenters. The third-order valence-corrected chi connectivity index (χ3v) is 4.70. The summed E-state index contributed by atoms with van der Waals surface area (Å²) in [6, 6.07) is 10.3. The average Bonchev–Trinajstić information content (AvgIpc) is 3.13. The summed E-state index contributed by atoms with van der Waals surface area (Å²) in [5, 5.41) is 7.67. The van der Waals surface area contributed by atoms with Gasteiger partial charge in [-0.15, -0.1) is 35.3 Å². The second-order valence-electron chi connectivity index (χ2n) is 6.32. The van der Waals surface area contributed by atoms with Gasteiger partial charge in [0, 0.05) is 25.0 Å². The zero-order valence-corrected chi connectivity index (χ0v) is 19.6. The van der Waals surface area contributed by atoms with E-state index in [0.717, 1.165) is 42.8 Å². The van der Waals surface area contributed by atoms with E-state index < -0.39 is 11.9 Å². The van der Waals surface area contributed by atoms with Crippen LogP contribution in [0.3, 0.4) is 0 Å². The van der Waals surface area contributed by atoms with Crippen molar-refractivity contribution in [2.45, 2.75) is 32.6 Å². The summed E-state index contributed by atoms with van der Waals surface area (Å²) in [5.74, 6) is 0.581. The van der Waals surface area contributed by atoms with Gasteiger partial charge in [0.2, 0.25) is 0 Å². The van der Waals surface area contributed by atoms with Crippen LogP contribution in [0.25, 0.3) is 0 Å². The summed E-state index contributed by atoms with van der Waals surface area (Å²) in [6.07, 6.45) is -3.49. The molecule has 0 aliphatic heterocycles. The van der Waals surface area contributed by atoms with Crippen LogP contribution in [-0.2, 0) is 19.3 Å². The van der Waals surface area contributed by atoms with Crippen LogP contribution in [0, 0.1) is 0 Å². The smallest absolute Gasteiger partial charge is 0.357 e. The number of guanidine groups is 1. The van der Waals surface area contributed by atoms with Crippen molar-refractivity contribution in [3.63, 3.8) is 0 Å². The number of nitrogens with one attached hydrogen (secondary N) is 2. The second kappa shape index (κ2) is 13.0. The summed E-state index contributed by atoms with van der Waals surface area (Å²) in [6.45, 7) is 5.26. The molecular weight excluding hydrogens is 514 g/mol. The SMILES string of the molecule is CCNC(=NCc1nc(C(F)(F)F)cs1)NCCCN(C)Cc1ccccc1.I. The van der Waals surface area contributed by atoms with Crippen molar-refractivity contribution in [2.24, 2.45) is 4.99 Å². The minimum absolute atomic E-state index is 0. The third kappa shape index (κ3) is 9.77. The van der Waals surface area contributed by atoms with Gasteiger partial charge < -0.3 is 15.5 Å². The molecule has 0 spiro atoms. The van der Waals surface area contributed by atoms with E-state index in [9.17, 15) is 13.2 Å². The van der Waals surface area contributed by atoms with Crippen LogP contribution in [0.15, 0.2) is 40.7 Å². The molecule has 29 heavy (non-hydrogen) atoms. The first-order valence-electron chi connectivity index (χ1n) is 9.14. The van der Waals surface area contributed by atoms with E-state index in [2.05, 4.69) is 44.7 Å². The monoisotopic (exact) mass is 541 g/mol. The van der Waals surface area contributed by atoms with Gasteiger partial charge in [0.25, 0.3) is 0 Å². The van der Waals surface area contributed by atoms with E-state index >= 15 is 0 Å². The molecule has 0 aliphatic rings. The third-order valence-electron chi connectivity index (χ3n) is 3.86. The summed E-state index contributed by atoms with van der Waals surface area (Å²) in [4.78, 5) is 10.2. The molecule has 0 aliphatic carbocycles. The van der Waals surface area contributed by atoms with Crippen molar-refractivity contribution < 1.29 is 13.2 Å². The first kappa shape index (κ1) is 25.6. The number of aromatic nitrogens is 1. The summed E-state index contributed by atoms with van der Waals surface area (Å²) >= 11 is 0.969. The predicted molar refractivity (Wildman–Crippen MR) is 123 cm³/mol. The van der Waals surface area contributed by atoms with Crippen LogP contribution in [0.2, 0.25) is 0 Å². The second-order valence-corrected chi connectivity index (χ2v) is 7.27. The van der Waals surface area contributed by atoms with E-state index in [4.69, 9.17) is 0 Å². The molecule has 2 aromatic rings. The minimum atomic E-state index is -4.41. The van der Waals surface area contributed by atoms with E-state index in [1.54, 1.807) is 0 Å². The van der Waals surface area contributed by atoms with Crippen molar-refractivity contribution in [1.82, 2.24) is 20.5 Å². The molecule has 0 amide bonds. The van der Waals surface area contributed by atoms with E-state index in [1.165, 1.54) is 5.56 Å². The van der Waals surface area contributed by atoms with Crippen molar-refractivity contribution in [3.05, 3.63) is 52.0 Å². The molecule has 0 saturated heterocycles. The average molecular weight is 541 g/mol. The highest BCUT2D eigenvalue weighted by molar-refractivity contribution is 14.0. The Morgan fingerprint density at radius 1 is 1.21 bits per heavy atom. The maximum Gasteiger partial charge on any atom is 0.434 e. The number of halogens is 4. The van der Waals surface area contributed by atoms with Crippen molar-refractivity contribution in [3.8, 4) is 0 Å². The zero-order valence-electron chi connectivity index (χ0n) is 16.5. The van der Waals surface area contributed by atoms with E-state index in [1.807, 2.05) is 25.1 Å². The molecule has 162 valence electrons.